The van der Waals surface area contributed by atoms with Crippen LogP contribution in [0.3, 0.4) is 0 Å². The molecule has 0 spiro atoms. The fourth-order valence-electron chi connectivity index (χ4n) is 7.06. The number of ether oxygens (including phenoxy) is 1. The van der Waals surface area contributed by atoms with Crippen molar-refractivity contribution in [3.63, 3.8) is 0 Å². The van der Waals surface area contributed by atoms with E-state index in [2.05, 4.69) is 26.7 Å². The molecule has 1 amide bonds. The first-order chi connectivity index (χ1) is 22.0. The SMILES string of the molecule is C=CC(=O)N1C[C@H](C)N(c2nc(OCCN3CC(C)(F)C3)nc3c(F)c(-c4c(C)ccc5n[nH]c(C6CC6)c45)c(Cl)cc23)C[C@H]1C. The topological polar surface area (TPSA) is 90.5 Å². The van der Waals surface area contributed by atoms with Gasteiger partial charge in [0.1, 0.15) is 23.6 Å². The van der Waals surface area contributed by atoms with Gasteiger partial charge >= 0.3 is 6.01 Å². The number of carbonyl (C=O) groups is 1. The number of amides is 1. The second kappa shape index (κ2) is 11.5. The number of nitrogens with zero attached hydrogens (tertiary/aromatic N) is 6. The number of aryl methyl sites for hydroxylation is 1. The molecule has 1 saturated carbocycles. The summed E-state index contributed by atoms with van der Waals surface area (Å²) in [5, 5.41) is 9.30. The van der Waals surface area contributed by atoms with Crippen LogP contribution in [0, 0.1) is 12.7 Å². The Morgan fingerprint density at radius 2 is 1.96 bits per heavy atom. The smallest absolute Gasteiger partial charge is 0.319 e. The van der Waals surface area contributed by atoms with Crippen molar-refractivity contribution in [3.05, 3.63) is 53.0 Å². The average Bonchev–Trinajstić information content (AvgIpc) is 3.76. The van der Waals surface area contributed by atoms with E-state index in [4.69, 9.17) is 21.3 Å². The zero-order chi connectivity index (χ0) is 32.5. The van der Waals surface area contributed by atoms with Crippen molar-refractivity contribution in [2.45, 2.75) is 64.2 Å². The van der Waals surface area contributed by atoms with Crippen LogP contribution in [0.1, 0.15) is 50.8 Å². The third-order valence-corrected chi connectivity index (χ3v) is 9.79. The molecule has 7 rings (SSSR count). The number of nitrogens with one attached hydrogen (secondary N) is 1. The molecule has 0 bridgehead atoms. The van der Waals surface area contributed by atoms with Crippen molar-refractivity contribution >= 4 is 45.1 Å². The molecule has 2 aromatic carbocycles. The lowest BCUT2D eigenvalue weighted by atomic mass is 9.93. The summed E-state index contributed by atoms with van der Waals surface area (Å²) in [6.07, 6.45) is 3.43. The Labute approximate surface area is 271 Å². The summed E-state index contributed by atoms with van der Waals surface area (Å²) >= 11 is 7.02. The van der Waals surface area contributed by atoms with E-state index in [0.717, 1.165) is 35.0 Å². The molecule has 3 aliphatic rings. The summed E-state index contributed by atoms with van der Waals surface area (Å²) in [4.78, 5) is 27.7. The Balaban J connectivity index is 1.34. The van der Waals surface area contributed by atoms with Crippen molar-refractivity contribution in [3.8, 4) is 17.1 Å². The number of hydrogen-bond acceptors (Lipinski definition) is 7. The van der Waals surface area contributed by atoms with Crippen molar-refractivity contribution in [1.29, 1.82) is 0 Å². The lowest BCUT2D eigenvalue weighted by Gasteiger charge is -2.44. The first-order valence-corrected chi connectivity index (χ1v) is 16.2. The predicted octanol–water partition coefficient (Wildman–Crippen LogP) is 6.19. The summed E-state index contributed by atoms with van der Waals surface area (Å²) < 4.78 is 37.2. The average molecular weight is 650 g/mol. The van der Waals surface area contributed by atoms with Gasteiger partial charge in [0, 0.05) is 78.3 Å². The molecule has 46 heavy (non-hydrogen) atoms. The first kappa shape index (κ1) is 30.8. The standard InChI is InChI=1S/C34H38ClF2N7O2/c1-6-25(45)43-14-20(4)44(15-19(43)3)32-22-13-23(35)27(26-18(2)7-10-24-28(26)30(41-40-24)21-8-9-21)29(36)31(22)38-33(39-32)46-12-11-42-16-34(5,37)17-42/h6-7,10,13,19-21H,1,8-9,11-12,14-17H2,2-5H3,(H,40,41)/t19-,20+/m1/s1. The molecule has 242 valence electrons. The normalized spacial score (nSPS) is 21.5. The third-order valence-electron chi connectivity index (χ3n) is 9.50. The number of piperazine rings is 1. The van der Waals surface area contributed by atoms with E-state index in [1.165, 1.54) is 6.08 Å². The molecule has 12 heteroatoms. The number of halogens is 3. The maximum atomic E-state index is 17.1. The monoisotopic (exact) mass is 649 g/mol. The van der Waals surface area contributed by atoms with E-state index >= 15 is 4.39 Å². The van der Waals surface area contributed by atoms with Gasteiger partial charge < -0.3 is 14.5 Å². The molecule has 1 N–H and O–H groups in total. The lowest BCUT2D eigenvalue weighted by Crippen LogP contribution is -2.58. The van der Waals surface area contributed by atoms with Crippen molar-refractivity contribution < 1.29 is 18.3 Å². The van der Waals surface area contributed by atoms with E-state index in [-0.39, 0.29) is 46.7 Å². The fourth-order valence-corrected chi connectivity index (χ4v) is 7.34. The highest BCUT2D eigenvalue weighted by Crippen LogP contribution is 2.48. The van der Waals surface area contributed by atoms with Gasteiger partial charge in [0.15, 0.2) is 5.82 Å². The summed E-state index contributed by atoms with van der Waals surface area (Å²) in [6.45, 7) is 13.4. The highest BCUT2D eigenvalue weighted by molar-refractivity contribution is 6.35. The van der Waals surface area contributed by atoms with Crippen LogP contribution in [0.5, 0.6) is 6.01 Å². The van der Waals surface area contributed by atoms with Gasteiger partial charge in [0.25, 0.3) is 0 Å². The molecule has 2 aliphatic heterocycles. The summed E-state index contributed by atoms with van der Waals surface area (Å²) in [7, 11) is 0. The third kappa shape index (κ3) is 5.37. The quantitative estimate of drug-likeness (QED) is 0.228. The lowest BCUT2D eigenvalue weighted by molar-refractivity contribution is -0.128. The Bertz CT molecular complexity index is 1870. The van der Waals surface area contributed by atoms with Gasteiger partial charge in [0.05, 0.1) is 10.5 Å². The molecular formula is C34H38ClF2N7O2. The van der Waals surface area contributed by atoms with Crippen molar-refractivity contribution in [2.75, 3.05) is 44.2 Å². The number of likely N-dealkylation sites (tertiary alicyclic amines) is 1. The number of anilines is 1. The highest BCUT2D eigenvalue weighted by Gasteiger charge is 2.39. The molecule has 3 fully saturated rings. The second-order valence-electron chi connectivity index (χ2n) is 13.4. The Morgan fingerprint density at radius 3 is 2.65 bits per heavy atom. The van der Waals surface area contributed by atoms with Crippen LogP contribution in [-0.2, 0) is 4.79 Å². The molecule has 2 atom stereocenters. The molecule has 1 aliphatic carbocycles. The number of benzene rings is 2. The number of carbonyl (C=O) groups excluding carboxylic acids is 1. The molecule has 4 aromatic rings. The Morgan fingerprint density at radius 1 is 1.20 bits per heavy atom. The maximum Gasteiger partial charge on any atom is 0.319 e. The molecule has 2 aromatic heterocycles. The zero-order valence-corrected chi connectivity index (χ0v) is 27.3. The van der Waals surface area contributed by atoms with E-state index in [0.29, 0.717) is 55.4 Å². The van der Waals surface area contributed by atoms with Crippen LogP contribution in [0.2, 0.25) is 5.02 Å². The van der Waals surface area contributed by atoms with Crippen LogP contribution in [-0.4, -0.2) is 93.0 Å². The number of aromatic nitrogens is 4. The summed E-state index contributed by atoms with van der Waals surface area (Å²) in [5.74, 6) is 0.138. The summed E-state index contributed by atoms with van der Waals surface area (Å²) in [5.41, 5.74) is 2.51. The maximum absolute atomic E-state index is 17.1. The number of fused-ring (bicyclic) bond motifs is 2. The molecule has 0 radical (unpaired) electrons. The minimum atomic E-state index is -1.19. The van der Waals surface area contributed by atoms with E-state index < -0.39 is 11.5 Å². The van der Waals surface area contributed by atoms with Crippen LogP contribution in [0.4, 0.5) is 14.6 Å². The predicted molar refractivity (Wildman–Crippen MR) is 176 cm³/mol. The largest absolute Gasteiger partial charge is 0.462 e. The van der Waals surface area contributed by atoms with Crippen LogP contribution in [0.25, 0.3) is 32.9 Å². The van der Waals surface area contributed by atoms with Gasteiger partial charge in [0.2, 0.25) is 5.91 Å². The van der Waals surface area contributed by atoms with Crippen LogP contribution >= 0.6 is 11.6 Å². The number of H-pyrrole nitrogens is 1. The van der Waals surface area contributed by atoms with E-state index in [9.17, 15) is 9.18 Å². The van der Waals surface area contributed by atoms with Gasteiger partial charge in [-0.05, 0) is 64.3 Å². The Hall–Kier alpha value is -3.83. The highest BCUT2D eigenvalue weighted by atomic mass is 35.5. The molecule has 2 saturated heterocycles. The van der Waals surface area contributed by atoms with Crippen molar-refractivity contribution in [2.24, 2.45) is 0 Å². The van der Waals surface area contributed by atoms with Gasteiger partial charge in [-0.1, -0.05) is 24.2 Å². The van der Waals surface area contributed by atoms with Crippen molar-refractivity contribution in [1.82, 2.24) is 30.0 Å². The number of alkyl halides is 1. The number of rotatable bonds is 8. The summed E-state index contributed by atoms with van der Waals surface area (Å²) in [6, 6.07) is 5.33. The first-order valence-electron chi connectivity index (χ1n) is 15.9. The van der Waals surface area contributed by atoms with Gasteiger partial charge in [-0.15, -0.1) is 0 Å². The molecule has 9 nitrogen and oxygen atoms in total. The minimum absolute atomic E-state index is 0.0274. The zero-order valence-electron chi connectivity index (χ0n) is 26.5. The van der Waals surface area contributed by atoms with Crippen LogP contribution < -0.4 is 9.64 Å². The van der Waals surface area contributed by atoms with Gasteiger partial charge in [-0.2, -0.15) is 15.1 Å². The fraction of sp³-hybridized carbons (Fsp3) is 0.471. The van der Waals surface area contributed by atoms with E-state index in [1.54, 1.807) is 17.9 Å². The van der Waals surface area contributed by atoms with Gasteiger partial charge in [-0.25, -0.2) is 8.78 Å². The molecule has 4 heterocycles. The second-order valence-corrected chi connectivity index (χ2v) is 13.8. The molecular weight excluding hydrogens is 612 g/mol. The van der Waals surface area contributed by atoms with Gasteiger partial charge in [-0.3, -0.25) is 14.8 Å². The number of aromatic amines is 1. The Kier molecular flexibility index (Phi) is 7.67. The van der Waals surface area contributed by atoms with E-state index in [1.807, 2.05) is 37.8 Å². The van der Waals surface area contributed by atoms with Crippen LogP contribution in [0.15, 0.2) is 30.9 Å². The minimum Gasteiger partial charge on any atom is -0.462 e. The number of hydrogen-bond donors (Lipinski definition) is 1. The molecule has 0 unspecified atom stereocenters.